The number of piperidine rings is 1. The summed E-state index contributed by atoms with van der Waals surface area (Å²) in [6.45, 7) is 3.01. The molecule has 9 heteroatoms. The van der Waals surface area contributed by atoms with Crippen molar-refractivity contribution in [2.45, 2.75) is 32.4 Å². The van der Waals surface area contributed by atoms with Crippen LogP contribution < -0.4 is 21.9 Å². The summed E-state index contributed by atoms with van der Waals surface area (Å²) in [5.74, 6) is -0.555. The van der Waals surface area contributed by atoms with Crippen LogP contribution in [0.15, 0.2) is 33.9 Å². The van der Waals surface area contributed by atoms with Gasteiger partial charge in [-0.05, 0) is 37.9 Å². The lowest BCUT2D eigenvalue weighted by Gasteiger charge is -2.31. The van der Waals surface area contributed by atoms with Gasteiger partial charge in [-0.25, -0.2) is 4.79 Å². The number of nitrogens with one attached hydrogen (secondary N) is 1. The van der Waals surface area contributed by atoms with Crippen molar-refractivity contribution in [2.75, 3.05) is 51.0 Å². The number of ketones is 1. The van der Waals surface area contributed by atoms with Crippen LogP contribution in [-0.2, 0) is 17.8 Å². The van der Waals surface area contributed by atoms with Crippen LogP contribution in [0.5, 0.6) is 0 Å². The van der Waals surface area contributed by atoms with Gasteiger partial charge in [-0.2, -0.15) is 0 Å². The summed E-state index contributed by atoms with van der Waals surface area (Å²) < 4.78 is 6.13. The highest BCUT2D eigenvalue weighted by atomic mass is 16.5. The second-order valence-corrected chi connectivity index (χ2v) is 7.94. The van der Waals surface area contributed by atoms with Crippen molar-refractivity contribution in [1.29, 1.82) is 0 Å². The highest BCUT2D eigenvalue weighted by Gasteiger charge is 2.21. The van der Waals surface area contributed by atoms with Gasteiger partial charge in [0.25, 0.3) is 5.56 Å². The number of nitrogens with zero attached hydrogens (tertiary/aromatic N) is 3. The predicted molar refractivity (Wildman–Crippen MR) is 121 cm³/mol. The third kappa shape index (κ3) is 5.42. The number of carbonyl (C=O) groups is 1. The number of aromatic amines is 1. The molecular formula is C22H31N5O4. The molecule has 0 aliphatic carbocycles. The van der Waals surface area contributed by atoms with Crippen molar-refractivity contribution >= 4 is 17.3 Å². The molecule has 0 spiro atoms. The first-order valence-electron chi connectivity index (χ1n) is 10.6. The molecular weight excluding hydrogens is 398 g/mol. The number of H-pyrrole nitrogens is 1. The maximum absolute atomic E-state index is 12.9. The molecule has 9 nitrogen and oxygen atoms in total. The molecule has 1 fully saturated rings. The zero-order valence-corrected chi connectivity index (χ0v) is 18.2. The molecule has 0 amide bonds. The second-order valence-electron chi connectivity index (χ2n) is 7.94. The number of hydrogen-bond acceptors (Lipinski definition) is 7. The molecule has 1 aromatic carbocycles. The number of nitrogens with two attached hydrogens (primary N) is 1. The van der Waals surface area contributed by atoms with Crippen molar-refractivity contribution in [3.63, 3.8) is 0 Å². The summed E-state index contributed by atoms with van der Waals surface area (Å²) in [4.78, 5) is 43.7. The molecule has 3 N–H and O–H groups in total. The summed E-state index contributed by atoms with van der Waals surface area (Å²) in [6, 6.07) is 8.20. The molecule has 1 aliphatic heterocycles. The van der Waals surface area contributed by atoms with E-state index in [9.17, 15) is 14.4 Å². The van der Waals surface area contributed by atoms with Crippen molar-refractivity contribution < 1.29 is 9.53 Å². The van der Waals surface area contributed by atoms with Gasteiger partial charge in [-0.3, -0.25) is 24.0 Å². The number of benzene rings is 1. The van der Waals surface area contributed by atoms with E-state index in [1.165, 1.54) is 32.1 Å². The van der Waals surface area contributed by atoms with E-state index in [2.05, 4.69) is 22.0 Å². The fraction of sp³-hybridized carbons (Fsp3) is 0.500. The minimum Gasteiger partial charge on any atom is -0.384 e. The Hall–Kier alpha value is -2.91. The van der Waals surface area contributed by atoms with Gasteiger partial charge in [0.05, 0.1) is 19.7 Å². The van der Waals surface area contributed by atoms with Crippen LogP contribution in [0.2, 0.25) is 0 Å². The van der Waals surface area contributed by atoms with Crippen LogP contribution in [0.25, 0.3) is 0 Å². The Morgan fingerprint density at radius 2 is 1.90 bits per heavy atom. The van der Waals surface area contributed by atoms with Gasteiger partial charge >= 0.3 is 5.69 Å². The molecule has 2 heterocycles. The molecule has 0 atom stereocenters. The van der Waals surface area contributed by atoms with Crippen LogP contribution in [0, 0.1) is 0 Å². The number of Topliss-reactive ketones (excluding diaryl/α,β-unsaturated/α-hetero) is 1. The van der Waals surface area contributed by atoms with Crippen LogP contribution in [-0.4, -0.2) is 60.6 Å². The maximum atomic E-state index is 12.9. The number of carbonyl (C=O) groups excluding carboxylic acids is 1. The third-order valence-corrected chi connectivity index (χ3v) is 5.58. The van der Waals surface area contributed by atoms with Crippen molar-refractivity contribution in [3.8, 4) is 0 Å². The standard InChI is InChI=1S/C22H31N5O4/c1-25(14-16-8-4-5-9-17(16)26-10-6-3-7-11-26)15-18(28)19-20(23)27(12-13-31-2)22(30)24-21(19)29/h4-5,8-9H,3,6-7,10-15,23H2,1-2H3,(H,24,29,30). The van der Waals surface area contributed by atoms with Gasteiger partial charge in [0.15, 0.2) is 5.78 Å². The third-order valence-electron chi connectivity index (χ3n) is 5.58. The lowest BCUT2D eigenvalue weighted by atomic mass is 10.1. The van der Waals surface area contributed by atoms with Crippen molar-refractivity contribution in [3.05, 3.63) is 56.2 Å². The van der Waals surface area contributed by atoms with Gasteiger partial charge in [0.1, 0.15) is 11.4 Å². The monoisotopic (exact) mass is 429 g/mol. The molecule has 2 aromatic rings. The number of rotatable bonds is 9. The number of ether oxygens (including phenoxy) is 1. The summed E-state index contributed by atoms with van der Waals surface area (Å²) in [5.41, 5.74) is 6.73. The summed E-state index contributed by atoms with van der Waals surface area (Å²) in [5, 5.41) is 0. The van der Waals surface area contributed by atoms with E-state index in [1.54, 1.807) is 0 Å². The Kier molecular flexibility index (Phi) is 7.64. The average Bonchev–Trinajstić information content (AvgIpc) is 2.74. The van der Waals surface area contributed by atoms with E-state index in [-0.39, 0.29) is 31.1 Å². The van der Waals surface area contributed by atoms with E-state index in [4.69, 9.17) is 10.5 Å². The number of hydrogen-bond donors (Lipinski definition) is 2. The van der Waals surface area contributed by atoms with E-state index >= 15 is 0 Å². The largest absolute Gasteiger partial charge is 0.384 e. The highest BCUT2D eigenvalue weighted by Crippen LogP contribution is 2.25. The van der Waals surface area contributed by atoms with E-state index in [1.807, 2.05) is 24.1 Å². The number of likely N-dealkylation sites (N-methyl/N-ethyl adjacent to an activating group) is 1. The number of methoxy groups -OCH3 is 1. The number of nitrogen functional groups attached to an aromatic ring is 1. The Balaban J connectivity index is 1.76. The van der Waals surface area contributed by atoms with Crippen LogP contribution in [0.3, 0.4) is 0 Å². The van der Waals surface area contributed by atoms with E-state index < -0.39 is 17.0 Å². The van der Waals surface area contributed by atoms with Crippen LogP contribution >= 0.6 is 0 Å². The highest BCUT2D eigenvalue weighted by molar-refractivity contribution is 6.01. The molecule has 0 radical (unpaired) electrons. The molecule has 168 valence electrons. The summed E-state index contributed by atoms with van der Waals surface area (Å²) in [6.07, 6.45) is 3.63. The van der Waals surface area contributed by atoms with Crippen molar-refractivity contribution in [2.24, 2.45) is 0 Å². The van der Waals surface area contributed by atoms with Crippen molar-refractivity contribution in [1.82, 2.24) is 14.5 Å². The normalized spacial score (nSPS) is 14.2. The van der Waals surface area contributed by atoms with E-state index in [0.717, 1.165) is 23.2 Å². The second kappa shape index (κ2) is 10.4. The van der Waals surface area contributed by atoms with Crippen LogP contribution in [0.1, 0.15) is 35.2 Å². The first-order valence-corrected chi connectivity index (χ1v) is 10.6. The molecule has 0 unspecified atom stereocenters. The lowest BCUT2D eigenvalue weighted by Crippen LogP contribution is -2.39. The fourth-order valence-electron chi connectivity index (χ4n) is 4.02. The Morgan fingerprint density at radius 1 is 1.19 bits per heavy atom. The van der Waals surface area contributed by atoms with Gasteiger partial charge < -0.3 is 15.4 Å². The Labute approximate surface area is 181 Å². The zero-order chi connectivity index (χ0) is 22.4. The molecule has 1 saturated heterocycles. The van der Waals surface area contributed by atoms with Gasteiger partial charge in [0.2, 0.25) is 0 Å². The molecule has 0 saturated carbocycles. The van der Waals surface area contributed by atoms with E-state index in [0.29, 0.717) is 6.54 Å². The summed E-state index contributed by atoms with van der Waals surface area (Å²) >= 11 is 0. The molecule has 3 rings (SSSR count). The predicted octanol–water partition coefficient (Wildman–Crippen LogP) is 1.07. The molecule has 1 aromatic heterocycles. The SMILES string of the molecule is COCCn1c(N)c(C(=O)CN(C)Cc2ccccc2N2CCCCC2)c(=O)[nH]c1=O. The fourth-order valence-corrected chi connectivity index (χ4v) is 4.02. The topological polar surface area (TPSA) is 114 Å². The number of aromatic nitrogens is 2. The average molecular weight is 430 g/mol. The van der Waals surface area contributed by atoms with Gasteiger partial charge in [-0.1, -0.05) is 18.2 Å². The Morgan fingerprint density at radius 3 is 2.61 bits per heavy atom. The molecule has 31 heavy (non-hydrogen) atoms. The van der Waals surface area contributed by atoms with Gasteiger partial charge in [-0.15, -0.1) is 0 Å². The Bertz CT molecular complexity index is 1020. The minimum atomic E-state index is -0.761. The molecule has 1 aliphatic rings. The summed E-state index contributed by atoms with van der Waals surface area (Å²) in [7, 11) is 3.33. The van der Waals surface area contributed by atoms with Crippen LogP contribution in [0.4, 0.5) is 11.5 Å². The first-order chi connectivity index (χ1) is 14.9. The molecule has 0 bridgehead atoms. The smallest absolute Gasteiger partial charge is 0.330 e. The quantitative estimate of drug-likeness (QED) is 0.573. The lowest BCUT2D eigenvalue weighted by molar-refractivity contribution is 0.0941. The van der Waals surface area contributed by atoms with Gasteiger partial charge in [0, 0.05) is 32.4 Å². The minimum absolute atomic E-state index is 0.00406. The number of para-hydroxylation sites is 1. The number of anilines is 2. The maximum Gasteiger partial charge on any atom is 0.330 e. The zero-order valence-electron chi connectivity index (χ0n) is 18.2. The first kappa shape index (κ1) is 22.8.